The van der Waals surface area contributed by atoms with Gasteiger partial charge in [-0.25, -0.2) is 0 Å². The summed E-state index contributed by atoms with van der Waals surface area (Å²) in [7, 11) is 0. The Balaban J connectivity index is 3.19. The molecule has 1 aromatic rings. The molecular weight excluding hydrogens is 216 g/mol. The van der Waals surface area contributed by atoms with Gasteiger partial charge in [-0.3, -0.25) is 9.59 Å². The smallest absolute Gasteiger partial charge is 0.258 e. The lowest BCUT2D eigenvalue weighted by molar-refractivity contribution is 0.0941. The summed E-state index contributed by atoms with van der Waals surface area (Å²) in [5.41, 5.74) is 0.107. The zero-order valence-corrected chi connectivity index (χ0v) is 9.61. The molecule has 0 saturated carbocycles. The zero-order valence-electron chi connectivity index (χ0n) is 8.85. The van der Waals surface area contributed by atoms with Crippen LogP contribution in [0.1, 0.15) is 29.8 Å². The number of halogens is 1. The van der Waals surface area contributed by atoms with E-state index in [1.54, 1.807) is 6.92 Å². The summed E-state index contributed by atoms with van der Waals surface area (Å²) in [6.45, 7) is 5.26. The highest BCUT2D eigenvalue weighted by Gasteiger charge is 2.16. The number of aromatic nitrogens is 1. The summed E-state index contributed by atoms with van der Waals surface area (Å²) in [6, 6.07) is -0.0338. The maximum Gasteiger partial charge on any atom is 0.258 e. The Hall–Kier alpha value is -1.29. The Morgan fingerprint density at radius 1 is 1.53 bits per heavy atom. The second-order valence-electron chi connectivity index (χ2n) is 3.62. The summed E-state index contributed by atoms with van der Waals surface area (Å²) in [4.78, 5) is 25.9. The van der Waals surface area contributed by atoms with E-state index in [9.17, 15) is 9.59 Å². The molecule has 0 atom stereocenters. The van der Waals surface area contributed by atoms with Gasteiger partial charge in [-0.1, -0.05) is 11.6 Å². The number of pyridine rings is 1. The number of carbonyl (C=O) groups is 1. The van der Waals surface area contributed by atoms with Gasteiger partial charge in [-0.15, -0.1) is 0 Å². The Morgan fingerprint density at radius 3 is 2.67 bits per heavy atom. The SMILES string of the molecule is Cc1c[nH]c(Cl)c(C(=O)NC(C)C)c1=O. The minimum absolute atomic E-state index is 0.0228. The van der Waals surface area contributed by atoms with Crippen molar-refractivity contribution in [2.75, 3.05) is 0 Å². The molecule has 0 spiro atoms. The maximum absolute atomic E-state index is 11.6. The first kappa shape index (κ1) is 11.8. The molecular formula is C10H13ClN2O2. The molecule has 0 aromatic carbocycles. The van der Waals surface area contributed by atoms with Crippen molar-refractivity contribution in [3.05, 3.63) is 32.7 Å². The van der Waals surface area contributed by atoms with Crippen molar-refractivity contribution in [1.82, 2.24) is 10.3 Å². The van der Waals surface area contributed by atoms with Crippen LogP contribution in [0.25, 0.3) is 0 Å². The average molecular weight is 229 g/mol. The lowest BCUT2D eigenvalue weighted by Crippen LogP contribution is -2.34. The fourth-order valence-electron chi connectivity index (χ4n) is 1.14. The quantitative estimate of drug-likeness (QED) is 0.754. The standard InChI is InChI=1S/C10H13ClN2O2/c1-5(2)13-10(15)7-8(14)6(3)4-12-9(7)11/h4-5H,1-3H3,(H,12,14)(H,13,15). The summed E-state index contributed by atoms with van der Waals surface area (Å²) in [5.74, 6) is -0.444. The summed E-state index contributed by atoms with van der Waals surface area (Å²) < 4.78 is 0. The van der Waals surface area contributed by atoms with Crippen LogP contribution >= 0.6 is 11.6 Å². The van der Waals surface area contributed by atoms with Crippen molar-refractivity contribution in [3.63, 3.8) is 0 Å². The van der Waals surface area contributed by atoms with Gasteiger partial charge < -0.3 is 10.3 Å². The highest BCUT2D eigenvalue weighted by atomic mass is 35.5. The van der Waals surface area contributed by atoms with E-state index in [0.29, 0.717) is 5.56 Å². The molecule has 2 N–H and O–H groups in total. The number of hydrogen-bond acceptors (Lipinski definition) is 2. The number of carbonyl (C=O) groups excluding carboxylic acids is 1. The first-order valence-electron chi connectivity index (χ1n) is 4.62. The zero-order chi connectivity index (χ0) is 11.6. The number of amides is 1. The monoisotopic (exact) mass is 228 g/mol. The number of nitrogens with one attached hydrogen (secondary N) is 2. The molecule has 0 saturated heterocycles. The van der Waals surface area contributed by atoms with Crippen LogP contribution in [0.3, 0.4) is 0 Å². The van der Waals surface area contributed by atoms with Crippen LogP contribution in [0.5, 0.6) is 0 Å². The number of aromatic amines is 1. The van der Waals surface area contributed by atoms with Crippen molar-refractivity contribution in [2.45, 2.75) is 26.8 Å². The number of aryl methyl sites for hydroxylation is 1. The summed E-state index contributed by atoms with van der Waals surface area (Å²) >= 11 is 5.76. The third kappa shape index (κ3) is 2.59. The predicted molar refractivity (Wildman–Crippen MR) is 59.4 cm³/mol. The van der Waals surface area contributed by atoms with Crippen LogP contribution in [0.15, 0.2) is 11.0 Å². The van der Waals surface area contributed by atoms with Crippen molar-refractivity contribution in [1.29, 1.82) is 0 Å². The molecule has 1 aromatic heterocycles. The van der Waals surface area contributed by atoms with Crippen LogP contribution in [0.2, 0.25) is 5.15 Å². The molecule has 0 aliphatic rings. The Morgan fingerprint density at radius 2 is 2.13 bits per heavy atom. The number of hydrogen-bond donors (Lipinski definition) is 2. The fraction of sp³-hybridized carbons (Fsp3) is 0.400. The molecule has 82 valence electrons. The van der Waals surface area contributed by atoms with E-state index in [0.717, 1.165) is 0 Å². The number of rotatable bonds is 2. The minimum Gasteiger partial charge on any atom is -0.351 e. The lowest BCUT2D eigenvalue weighted by Gasteiger charge is -2.09. The van der Waals surface area contributed by atoms with E-state index in [1.807, 2.05) is 13.8 Å². The topological polar surface area (TPSA) is 62.0 Å². The fourth-order valence-corrected chi connectivity index (χ4v) is 1.37. The Bertz CT molecular complexity index is 438. The highest BCUT2D eigenvalue weighted by molar-refractivity contribution is 6.32. The van der Waals surface area contributed by atoms with Crippen LogP contribution in [-0.2, 0) is 0 Å². The molecule has 0 bridgehead atoms. The van der Waals surface area contributed by atoms with Crippen molar-refractivity contribution >= 4 is 17.5 Å². The average Bonchev–Trinajstić information content (AvgIpc) is 2.11. The summed E-state index contributed by atoms with van der Waals surface area (Å²) in [6.07, 6.45) is 1.48. The predicted octanol–water partition coefficient (Wildman–Crippen LogP) is 1.47. The second-order valence-corrected chi connectivity index (χ2v) is 4.00. The van der Waals surface area contributed by atoms with Crippen molar-refractivity contribution in [2.24, 2.45) is 0 Å². The van der Waals surface area contributed by atoms with Crippen LogP contribution in [0.4, 0.5) is 0 Å². The largest absolute Gasteiger partial charge is 0.351 e. The van der Waals surface area contributed by atoms with Gasteiger partial charge >= 0.3 is 0 Å². The van der Waals surface area contributed by atoms with E-state index in [-0.39, 0.29) is 22.2 Å². The molecule has 0 unspecified atom stereocenters. The van der Waals surface area contributed by atoms with Crippen molar-refractivity contribution < 1.29 is 4.79 Å². The lowest BCUT2D eigenvalue weighted by atomic mass is 10.2. The first-order valence-corrected chi connectivity index (χ1v) is 5.00. The van der Waals surface area contributed by atoms with Gasteiger partial charge in [0.15, 0.2) is 5.43 Å². The third-order valence-corrected chi connectivity index (χ3v) is 2.17. The van der Waals surface area contributed by atoms with Gasteiger partial charge in [0.05, 0.1) is 0 Å². The minimum atomic E-state index is -0.444. The van der Waals surface area contributed by atoms with E-state index in [4.69, 9.17) is 11.6 Å². The van der Waals surface area contributed by atoms with Gasteiger partial charge in [-0.2, -0.15) is 0 Å². The second kappa shape index (κ2) is 4.49. The molecule has 15 heavy (non-hydrogen) atoms. The molecule has 1 amide bonds. The third-order valence-electron chi connectivity index (χ3n) is 1.87. The molecule has 5 heteroatoms. The molecule has 0 fully saturated rings. The molecule has 0 aliphatic carbocycles. The van der Waals surface area contributed by atoms with Gasteiger partial charge in [-0.05, 0) is 20.8 Å². The van der Waals surface area contributed by atoms with Gasteiger partial charge in [0.25, 0.3) is 5.91 Å². The van der Waals surface area contributed by atoms with E-state index in [2.05, 4.69) is 10.3 Å². The first-order chi connectivity index (χ1) is 6.93. The molecule has 0 aliphatic heterocycles. The van der Waals surface area contributed by atoms with Gasteiger partial charge in [0, 0.05) is 17.8 Å². The summed E-state index contributed by atoms with van der Waals surface area (Å²) in [5, 5.41) is 2.70. The molecule has 1 heterocycles. The van der Waals surface area contributed by atoms with E-state index >= 15 is 0 Å². The van der Waals surface area contributed by atoms with Crippen LogP contribution in [0, 0.1) is 6.92 Å². The molecule has 1 rings (SSSR count). The van der Waals surface area contributed by atoms with E-state index in [1.165, 1.54) is 6.20 Å². The molecule has 4 nitrogen and oxygen atoms in total. The highest BCUT2D eigenvalue weighted by Crippen LogP contribution is 2.08. The van der Waals surface area contributed by atoms with Gasteiger partial charge in [0.2, 0.25) is 0 Å². The Labute approximate surface area is 92.7 Å². The van der Waals surface area contributed by atoms with Gasteiger partial charge in [0.1, 0.15) is 10.7 Å². The maximum atomic E-state index is 11.6. The van der Waals surface area contributed by atoms with Crippen molar-refractivity contribution in [3.8, 4) is 0 Å². The van der Waals surface area contributed by atoms with E-state index < -0.39 is 5.91 Å². The normalized spacial score (nSPS) is 10.5. The van der Waals surface area contributed by atoms with Crippen LogP contribution in [-0.4, -0.2) is 16.9 Å². The van der Waals surface area contributed by atoms with Crippen LogP contribution < -0.4 is 10.7 Å². The Kier molecular flexibility index (Phi) is 3.52. The molecule has 0 radical (unpaired) electrons. The number of H-pyrrole nitrogens is 1.